The van der Waals surface area contributed by atoms with Crippen molar-refractivity contribution >= 4 is 35.9 Å². The van der Waals surface area contributed by atoms with E-state index in [4.69, 9.17) is 5.41 Å². The van der Waals surface area contributed by atoms with Crippen LogP contribution in [0.3, 0.4) is 0 Å². The van der Waals surface area contributed by atoms with Gasteiger partial charge in [0.25, 0.3) is 0 Å². The molecular weight excluding hydrogens is 446 g/mol. The van der Waals surface area contributed by atoms with E-state index >= 15 is 0 Å². The summed E-state index contributed by atoms with van der Waals surface area (Å²) in [6.07, 6.45) is -0.676. The molecule has 2 atom stereocenters. The predicted octanol–water partition coefficient (Wildman–Crippen LogP) is 4.85. The number of halogens is 3. The lowest BCUT2D eigenvalue weighted by Crippen LogP contribution is -2.22. The number of sulfonamides is 1. The van der Waals surface area contributed by atoms with E-state index in [0.717, 1.165) is 24.2 Å². The predicted molar refractivity (Wildman–Crippen MR) is 120 cm³/mol. The smallest absolute Gasteiger partial charge is 0.236 e. The molecule has 2 N–H and O–H groups in total. The SMILES string of the molecule is CCCn1c(=N)ccc2cc(NS(=O)(=O)CC3=C(P)C(F)=C(C)C(F)=CC3F)ccc21. The van der Waals surface area contributed by atoms with E-state index in [1.807, 2.05) is 20.7 Å². The molecule has 10 heteroatoms. The van der Waals surface area contributed by atoms with E-state index < -0.39 is 33.6 Å². The first-order valence-electron chi connectivity index (χ1n) is 9.59. The Balaban J connectivity index is 1.93. The minimum Gasteiger partial charge on any atom is -0.326 e. The second kappa shape index (κ2) is 9.01. The Hall–Kier alpha value is -2.38. The molecule has 0 radical (unpaired) electrons. The fourth-order valence-electron chi connectivity index (χ4n) is 3.38. The quantitative estimate of drug-likeness (QED) is 0.594. The summed E-state index contributed by atoms with van der Waals surface area (Å²) in [5.41, 5.74) is 0.606. The van der Waals surface area contributed by atoms with Gasteiger partial charge < -0.3 is 4.57 Å². The van der Waals surface area contributed by atoms with Gasteiger partial charge in [0.1, 0.15) is 23.3 Å². The first-order chi connectivity index (χ1) is 14.5. The third-order valence-electron chi connectivity index (χ3n) is 4.99. The maximum Gasteiger partial charge on any atom is 0.236 e. The van der Waals surface area contributed by atoms with Crippen molar-refractivity contribution in [1.82, 2.24) is 4.57 Å². The zero-order valence-corrected chi connectivity index (χ0v) is 19.0. The molecule has 2 aromatic rings. The number of nitrogens with one attached hydrogen (secondary N) is 2. The maximum atomic E-state index is 14.5. The number of aromatic nitrogens is 1. The number of nitrogens with zero attached hydrogens (tertiary/aromatic N) is 1. The molecule has 0 amide bonds. The second-order valence-corrected chi connectivity index (χ2v) is 9.60. The number of pyridine rings is 1. The van der Waals surface area contributed by atoms with Crippen LogP contribution in [0, 0.1) is 5.41 Å². The average molecular weight is 469 g/mol. The Bertz CT molecular complexity index is 1300. The van der Waals surface area contributed by atoms with Gasteiger partial charge in [-0.05, 0) is 55.3 Å². The van der Waals surface area contributed by atoms with Gasteiger partial charge in [0.05, 0.1) is 5.75 Å². The molecule has 0 saturated carbocycles. The van der Waals surface area contributed by atoms with Gasteiger partial charge in [-0.25, -0.2) is 21.6 Å². The van der Waals surface area contributed by atoms with Crippen molar-refractivity contribution in [1.29, 1.82) is 5.41 Å². The van der Waals surface area contributed by atoms with Gasteiger partial charge in [-0.15, -0.1) is 9.24 Å². The number of allylic oxidation sites excluding steroid dienone is 5. The molecular formula is C21H23F3N3O2PS. The Morgan fingerprint density at radius 3 is 2.61 bits per heavy atom. The Morgan fingerprint density at radius 1 is 1.23 bits per heavy atom. The van der Waals surface area contributed by atoms with Gasteiger partial charge >= 0.3 is 0 Å². The second-order valence-electron chi connectivity index (χ2n) is 7.30. The molecule has 1 aliphatic carbocycles. The third kappa shape index (κ3) is 4.93. The number of hydrogen-bond acceptors (Lipinski definition) is 3. The summed E-state index contributed by atoms with van der Waals surface area (Å²) in [6, 6.07) is 8.20. The molecule has 0 aliphatic heterocycles. The fraction of sp³-hybridized carbons (Fsp3) is 0.286. The minimum atomic E-state index is -4.12. The van der Waals surface area contributed by atoms with Crippen LogP contribution in [0.2, 0.25) is 0 Å². The van der Waals surface area contributed by atoms with Gasteiger partial charge in [0, 0.05) is 34.0 Å². The van der Waals surface area contributed by atoms with Crippen molar-refractivity contribution in [2.45, 2.75) is 33.0 Å². The molecule has 166 valence electrons. The highest BCUT2D eigenvalue weighted by Gasteiger charge is 2.28. The third-order valence-corrected chi connectivity index (χ3v) is 6.85. The monoisotopic (exact) mass is 469 g/mol. The molecule has 0 bridgehead atoms. The van der Waals surface area contributed by atoms with Crippen molar-refractivity contribution < 1.29 is 21.6 Å². The first kappa shape index (κ1) is 23.3. The number of benzene rings is 1. The number of aryl methyl sites for hydroxylation is 1. The summed E-state index contributed by atoms with van der Waals surface area (Å²) in [4.78, 5) is 0. The molecule has 1 heterocycles. The molecule has 0 saturated heterocycles. The molecule has 5 nitrogen and oxygen atoms in total. The maximum absolute atomic E-state index is 14.5. The zero-order valence-electron chi connectivity index (χ0n) is 17.0. The summed E-state index contributed by atoms with van der Waals surface area (Å²) in [5.74, 6) is -2.90. The van der Waals surface area contributed by atoms with Gasteiger partial charge in [0.15, 0.2) is 0 Å². The van der Waals surface area contributed by atoms with E-state index in [-0.39, 0.29) is 22.1 Å². The summed E-state index contributed by atoms with van der Waals surface area (Å²) in [6.45, 7) is 3.80. The highest BCUT2D eigenvalue weighted by Crippen LogP contribution is 2.36. The van der Waals surface area contributed by atoms with Crippen LogP contribution in [-0.2, 0) is 16.6 Å². The number of rotatable bonds is 6. The molecule has 0 fully saturated rings. The van der Waals surface area contributed by atoms with Crippen molar-refractivity contribution in [2.75, 3.05) is 10.5 Å². The van der Waals surface area contributed by atoms with E-state index in [0.29, 0.717) is 18.1 Å². The molecule has 1 aromatic heterocycles. The van der Waals surface area contributed by atoms with Crippen LogP contribution < -0.4 is 10.2 Å². The number of fused-ring (bicyclic) bond motifs is 1. The van der Waals surface area contributed by atoms with Gasteiger partial charge in [-0.2, -0.15) is 0 Å². The Morgan fingerprint density at radius 2 is 1.94 bits per heavy atom. The van der Waals surface area contributed by atoms with Crippen LogP contribution in [0.5, 0.6) is 0 Å². The van der Waals surface area contributed by atoms with Crippen LogP contribution in [0.25, 0.3) is 10.9 Å². The highest BCUT2D eigenvalue weighted by molar-refractivity contribution is 7.92. The molecule has 2 unspecified atom stereocenters. The van der Waals surface area contributed by atoms with Crippen LogP contribution in [-0.4, -0.2) is 24.9 Å². The average Bonchev–Trinajstić information content (AvgIpc) is 2.77. The van der Waals surface area contributed by atoms with Crippen LogP contribution in [0.1, 0.15) is 20.3 Å². The van der Waals surface area contributed by atoms with Crippen molar-refractivity contribution in [2.24, 2.45) is 0 Å². The summed E-state index contributed by atoms with van der Waals surface area (Å²) in [5, 5.41) is 8.46. The number of alkyl halides is 1. The van der Waals surface area contributed by atoms with Crippen molar-refractivity contribution in [3.8, 4) is 0 Å². The lowest BCUT2D eigenvalue weighted by molar-refractivity contribution is 0.441. The zero-order chi connectivity index (χ0) is 22.9. The van der Waals surface area contributed by atoms with Crippen LogP contribution in [0.4, 0.5) is 18.9 Å². The van der Waals surface area contributed by atoms with Gasteiger partial charge in [0.2, 0.25) is 10.0 Å². The van der Waals surface area contributed by atoms with E-state index in [1.165, 1.54) is 0 Å². The van der Waals surface area contributed by atoms with Gasteiger partial charge in [-0.3, -0.25) is 10.1 Å². The molecule has 1 aromatic carbocycles. The Kier molecular flexibility index (Phi) is 6.76. The fourth-order valence-corrected chi connectivity index (χ4v) is 5.29. The summed E-state index contributed by atoms with van der Waals surface area (Å²) in [7, 11) is -2.15. The van der Waals surface area contributed by atoms with Crippen molar-refractivity contribution in [3.05, 3.63) is 70.0 Å². The molecule has 31 heavy (non-hydrogen) atoms. The lowest BCUT2D eigenvalue weighted by Gasteiger charge is -2.15. The van der Waals surface area contributed by atoms with Gasteiger partial charge in [-0.1, -0.05) is 6.92 Å². The van der Waals surface area contributed by atoms with E-state index in [9.17, 15) is 21.6 Å². The van der Waals surface area contributed by atoms with E-state index in [1.54, 1.807) is 30.3 Å². The molecule has 3 rings (SSSR count). The van der Waals surface area contributed by atoms with Crippen molar-refractivity contribution in [3.63, 3.8) is 0 Å². The summed E-state index contributed by atoms with van der Waals surface area (Å²) >= 11 is 0. The topological polar surface area (TPSA) is 75.0 Å². The van der Waals surface area contributed by atoms with Crippen LogP contribution in [0.15, 0.2) is 64.5 Å². The standard InChI is InChI=1S/C21H23F3N3O2PS/c1-3-8-27-18-6-5-14(9-13(18)4-7-19(27)25)26-31(28,29)11-15-17(23)10-16(22)12(2)20(24)21(15)30/h4-7,9-10,17,25-26H,3,8,11,30H2,1-2H3. The normalized spacial score (nSPS) is 17.7. The number of anilines is 1. The highest BCUT2D eigenvalue weighted by atomic mass is 32.2. The first-order valence-corrected chi connectivity index (χ1v) is 11.8. The lowest BCUT2D eigenvalue weighted by atomic mass is 10.2. The van der Waals surface area contributed by atoms with E-state index in [2.05, 4.69) is 4.72 Å². The summed E-state index contributed by atoms with van der Waals surface area (Å²) < 4.78 is 72.2. The Labute approximate surface area is 181 Å². The number of hydrogen-bond donors (Lipinski definition) is 2. The molecule has 1 aliphatic rings. The molecule has 0 spiro atoms. The minimum absolute atomic E-state index is 0.247. The van der Waals surface area contributed by atoms with Crippen LogP contribution >= 0.6 is 9.24 Å². The largest absolute Gasteiger partial charge is 0.326 e.